The second-order valence-corrected chi connectivity index (χ2v) is 5.74. The molecule has 122 valence electrons. The molecule has 0 saturated carbocycles. The van der Waals surface area contributed by atoms with Gasteiger partial charge in [0.05, 0.1) is 16.8 Å². The van der Waals surface area contributed by atoms with Crippen LogP contribution in [0, 0.1) is 0 Å². The molecule has 2 aromatic carbocycles. The van der Waals surface area contributed by atoms with Crippen molar-refractivity contribution in [3.63, 3.8) is 0 Å². The lowest BCUT2D eigenvalue weighted by molar-refractivity contribution is -0.137. The topological polar surface area (TPSA) is 34.9 Å². The molecule has 1 aromatic heterocycles. The zero-order chi connectivity index (χ0) is 17.3. The Balaban J connectivity index is 2.09. The predicted octanol–water partition coefficient (Wildman–Crippen LogP) is 5.13. The van der Waals surface area contributed by atoms with Gasteiger partial charge < -0.3 is 0 Å². The fraction of sp³-hybridized carbons (Fsp3) is 0.0588. The van der Waals surface area contributed by atoms with E-state index < -0.39 is 11.7 Å². The van der Waals surface area contributed by atoms with Gasteiger partial charge in [0.1, 0.15) is 10.3 Å². The summed E-state index contributed by atoms with van der Waals surface area (Å²) in [6.07, 6.45) is -3.73. The highest BCUT2D eigenvalue weighted by Crippen LogP contribution is 2.32. The minimum absolute atomic E-state index is 0.334. The lowest BCUT2D eigenvalue weighted by Crippen LogP contribution is -2.05. The van der Waals surface area contributed by atoms with Crippen LogP contribution in [0.15, 0.2) is 59.2 Å². The van der Waals surface area contributed by atoms with E-state index in [1.165, 1.54) is 16.8 Å². The molecule has 0 spiro atoms. The van der Waals surface area contributed by atoms with Crippen molar-refractivity contribution >= 4 is 22.2 Å². The van der Waals surface area contributed by atoms with Gasteiger partial charge in [0.25, 0.3) is 0 Å². The van der Waals surface area contributed by atoms with E-state index in [4.69, 9.17) is 0 Å². The Morgan fingerprint density at radius 2 is 1.62 bits per heavy atom. The first-order valence-electron chi connectivity index (χ1n) is 6.88. The number of carbonyl (C=O) groups is 1. The monoisotopic (exact) mass is 394 g/mol. The molecular formula is C17H10BrF3N2O. The summed E-state index contributed by atoms with van der Waals surface area (Å²) < 4.78 is 39.8. The fourth-order valence-corrected chi connectivity index (χ4v) is 2.85. The van der Waals surface area contributed by atoms with E-state index in [9.17, 15) is 18.0 Å². The fourth-order valence-electron chi connectivity index (χ4n) is 2.29. The van der Waals surface area contributed by atoms with Crippen LogP contribution in [0.2, 0.25) is 0 Å². The molecule has 0 saturated heterocycles. The van der Waals surface area contributed by atoms with Gasteiger partial charge in [-0.2, -0.15) is 18.3 Å². The molecule has 0 fully saturated rings. The number of rotatable bonds is 3. The van der Waals surface area contributed by atoms with E-state index in [0.29, 0.717) is 27.8 Å². The molecule has 3 rings (SSSR count). The largest absolute Gasteiger partial charge is 0.416 e. The van der Waals surface area contributed by atoms with E-state index in [1.807, 2.05) is 18.2 Å². The first kappa shape index (κ1) is 16.4. The van der Waals surface area contributed by atoms with E-state index in [2.05, 4.69) is 21.0 Å². The molecule has 3 nitrogen and oxygen atoms in total. The molecule has 3 aromatic rings. The van der Waals surface area contributed by atoms with E-state index in [1.54, 1.807) is 12.1 Å². The molecule has 0 aliphatic rings. The summed E-state index contributed by atoms with van der Waals surface area (Å²) in [5.74, 6) is 0. The minimum Gasteiger partial charge on any atom is -0.298 e. The highest BCUT2D eigenvalue weighted by molar-refractivity contribution is 9.10. The Morgan fingerprint density at radius 3 is 2.17 bits per heavy atom. The van der Waals surface area contributed by atoms with Crippen molar-refractivity contribution in [2.45, 2.75) is 6.18 Å². The lowest BCUT2D eigenvalue weighted by atomic mass is 10.1. The van der Waals surface area contributed by atoms with Gasteiger partial charge in [-0.1, -0.05) is 30.3 Å². The number of aldehydes is 1. The molecule has 1 heterocycles. The number of hydrogen-bond acceptors (Lipinski definition) is 2. The van der Waals surface area contributed by atoms with Crippen molar-refractivity contribution in [3.8, 4) is 16.9 Å². The van der Waals surface area contributed by atoms with Crippen molar-refractivity contribution in [1.82, 2.24) is 9.78 Å². The number of alkyl halides is 3. The average Bonchev–Trinajstić information content (AvgIpc) is 2.91. The molecule has 7 heteroatoms. The third-order valence-corrected chi connectivity index (χ3v) is 4.23. The summed E-state index contributed by atoms with van der Waals surface area (Å²) in [6, 6.07) is 13.7. The van der Waals surface area contributed by atoms with Crippen LogP contribution in [0.3, 0.4) is 0 Å². The van der Waals surface area contributed by atoms with Crippen LogP contribution in [0.4, 0.5) is 13.2 Å². The lowest BCUT2D eigenvalue weighted by Gasteiger charge is -2.08. The van der Waals surface area contributed by atoms with Crippen molar-refractivity contribution < 1.29 is 18.0 Å². The van der Waals surface area contributed by atoms with Gasteiger partial charge in [0.15, 0.2) is 6.29 Å². The Kier molecular flexibility index (Phi) is 4.28. The van der Waals surface area contributed by atoms with Crippen LogP contribution in [0.1, 0.15) is 15.9 Å². The molecule has 0 unspecified atom stereocenters. The molecule has 0 N–H and O–H groups in total. The number of benzene rings is 2. The first-order valence-corrected chi connectivity index (χ1v) is 7.68. The number of nitrogens with zero attached hydrogens (tertiary/aromatic N) is 2. The van der Waals surface area contributed by atoms with Gasteiger partial charge in [-0.25, -0.2) is 4.68 Å². The van der Waals surface area contributed by atoms with Crippen LogP contribution in [0.25, 0.3) is 16.9 Å². The maximum absolute atomic E-state index is 12.7. The average molecular weight is 395 g/mol. The number of aromatic nitrogens is 2. The number of hydrogen-bond donors (Lipinski definition) is 0. The van der Waals surface area contributed by atoms with Crippen LogP contribution >= 0.6 is 15.9 Å². The van der Waals surface area contributed by atoms with Gasteiger partial charge >= 0.3 is 6.18 Å². The van der Waals surface area contributed by atoms with Gasteiger partial charge in [-0.05, 0) is 40.2 Å². The normalized spacial score (nSPS) is 11.5. The standard InChI is InChI=1S/C17H10BrF3N2O/c18-16-14(10-24)15(11-4-2-1-3-5-11)22-23(16)13-8-6-12(7-9-13)17(19,20)21/h1-10H. The maximum Gasteiger partial charge on any atom is 0.416 e. The van der Waals surface area contributed by atoms with Gasteiger partial charge in [0, 0.05) is 5.56 Å². The molecule has 24 heavy (non-hydrogen) atoms. The SMILES string of the molecule is O=Cc1c(-c2ccccc2)nn(-c2ccc(C(F)(F)F)cc2)c1Br. The van der Waals surface area contributed by atoms with E-state index >= 15 is 0 Å². The van der Waals surface area contributed by atoms with Crippen LogP contribution in [0.5, 0.6) is 0 Å². The van der Waals surface area contributed by atoms with Crippen LogP contribution < -0.4 is 0 Å². The highest BCUT2D eigenvalue weighted by Gasteiger charge is 2.30. The zero-order valence-electron chi connectivity index (χ0n) is 12.1. The van der Waals surface area contributed by atoms with Crippen molar-refractivity contribution in [2.24, 2.45) is 0 Å². The van der Waals surface area contributed by atoms with Crippen molar-refractivity contribution in [1.29, 1.82) is 0 Å². The second-order valence-electron chi connectivity index (χ2n) is 4.99. The zero-order valence-corrected chi connectivity index (χ0v) is 13.7. The summed E-state index contributed by atoms with van der Waals surface area (Å²) in [7, 11) is 0. The van der Waals surface area contributed by atoms with Crippen LogP contribution in [-0.2, 0) is 6.18 Å². The maximum atomic E-state index is 12.7. The third kappa shape index (κ3) is 2.99. The smallest absolute Gasteiger partial charge is 0.298 e. The van der Waals surface area contributed by atoms with Gasteiger partial charge in [-0.3, -0.25) is 4.79 Å². The molecule has 0 amide bonds. The Bertz CT molecular complexity index is 871. The summed E-state index contributed by atoms with van der Waals surface area (Å²) in [5, 5.41) is 4.37. The Labute approximate surface area is 143 Å². The summed E-state index contributed by atoms with van der Waals surface area (Å²) in [5.41, 5.74) is 1.21. The first-order chi connectivity index (χ1) is 11.4. The predicted molar refractivity (Wildman–Crippen MR) is 87.1 cm³/mol. The van der Waals surface area contributed by atoms with Crippen LogP contribution in [-0.4, -0.2) is 16.1 Å². The summed E-state index contributed by atoms with van der Waals surface area (Å²) >= 11 is 3.30. The van der Waals surface area contributed by atoms with E-state index in [-0.39, 0.29) is 0 Å². The number of carbonyl (C=O) groups excluding carboxylic acids is 1. The molecule has 0 aliphatic carbocycles. The van der Waals surface area contributed by atoms with Crippen molar-refractivity contribution in [3.05, 3.63) is 70.3 Å². The number of halogens is 4. The third-order valence-electron chi connectivity index (χ3n) is 3.47. The minimum atomic E-state index is -4.40. The molecule has 0 aliphatic heterocycles. The Hall–Kier alpha value is -2.41. The van der Waals surface area contributed by atoms with Gasteiger partial charge in [-0.15, -0.1) is 0 Å². The summed E-state index contributed by atoms with van der Waals surface area (Å²) in [6.45, 7) is 0. The van der Waals surface area contributed by atoms with Crippen molar-refractivity contribution in [2.75, 3.05) is 0 Å². The summed E-state index contributed by atoms with van der Waals surface area (Å²) in [4.78, 5) is 11.4. The van der Waals surface area contributed by atoms with Gasteiger partial charge in [0.2, 0.25) is 0 Å². The quantitative estimate of drug-likeness (QED) is 0.577. The molecular weight excluding hydrogens is 385 g/mol. The van der Waals surface area contributed by atoms with E-state index in [0.717, 1.165) is 17.7 Å². The molecule has 0 atom stereocenters. The second kappa shape index (κ2) is 6.24. The molecule has 0 bridgehead atoms. The Morgan fingerprint density at radius 1 is 1.00 bits per heavy atom. The highest BCUT2D eigenvalue weighted by atomic mass is 79.9. The molecule has 0 radical (unpaired) electrons.